The van der Waals surface area contributed by atoms with Gasteiger partial charge in [-0.2, -0.15) is 0 Å². The van der Waals surface area contributed by atoms with E-state index in [0.717, 1.165) is 0 Å². The third-order valence-electron chi connectivity index (χ3n) is 1.15. The van der Waals surface area contributed by atoms with Crippen LogP contribution in [-0.4, -0.2) is 24.8 Å². The lowest BCUT2D eigenvalue weighted by Gasteiger charge is -2.32. The summed E-state index contributed by atoms with van der Waals surface area (Å²) < 4.78 is -0.111. The number of likely N-dealkylation sites (N-methyl/N-ethyl adjacent to an activating group) is 1. The molecule has 2 heteroatoms. The van der Waals surface area contributed by atoms with Crippen molar-refractivity contribution >= 4 is 0 Å². The largest absolute Gasteiger partial charge is 0.633 e. The summed E-state index contributed by atoms with van der Waals surface area (Å²) in [6, 6.07) is 0. The van der Waals surface area contributed by atoms with Crippen LogP contribution >= 0.6 is 0 Å². The van der Waals surface area contributed by atoms with Gasteiger partial charge in [-0.3, -0.25) is 0 Å². The Labute approximate surface area is 43.2 Å². The van der Waals surface area contributed by atoms with Crippen molar-refractivity contribution in [3.05, 3.63) is 17.4 Å². The summed E-state index contributed by atoms with van der Waals surface area (Å²) in [5, 5.41) is 10.8. The van der Waals surface area contributed by atoms with Crippen molar-refractivity contribution in [1.29, 1.82) is 0 Å². The van der Waals surface area contributed by atoms with Crippen LogP contribution in [0.5, 0.6) is 0 Å². The highest BCUT2D eigenvalue weighted by molar-refractivity contribution is 4.87. The predicted octanol–water partition coefficient (Wildman–Crippen LogP) is 0.501. The monoisotopic (exact) mass is 99.1 g/mol. The molecule has 1 rings (SSSR count). The van der Waals surface area contributed by atoms with Crippen molar-refractivity contribution in [2.45, 2.75) is 0 Å². The molecule has 1 heterocycles. The Balaban J connectivity index is 2.49. The smallest absolute Gasteiger partial charge is 0.0973 e. The minimum absolute atomic E-state index is 0.111. The van der Waals surface area contributed by atoms with Gasteiger partial charge in [0.25, 0.3) is 0 Å². The Bertz CT molecular complexity index is 86.3. The van der Waals surface area contributed by atoms with Crippen molar-refractivity contribution < 1.29 is 4.65 Å². The molecule has 0 atom stereocenters. The zero-order chi connectivity index (χ0) is 5.33. The van der Waals surface area contributed by atoms with Gasteiger partial charge in [0.05, 0.1) is 20.1 Å². The SMILES string of the molecule is C[N+]1([O-])CC=CC1. The van der Waals surface area contributed by atoms with E-state index in [-0.39, 0.29) is 4.65 Å². The Hall–Kier alpha value is -0.340. The summed E-state index contributed by atoms with van der Waals surface area (Å²) >= 11 is 0. The van der Waals surface area contributed by atoms with Gasteiger partial charge in [-0.05, 0) is 12.2 Å². The molecule has 1 aliphatic rings. The molecule has 0 aromatic heterocycles. The molecule has 0 aromatic carbocycles. The highest BCUT2D eigenvalue weighted by Gasteiger charge is 2.08. The fraction of sp³-hybridized carbons (Fsp3) is 0.600. The van der Waals surface area contributed by atoms with Gasteiger partial charge in [-0.25, -0.2) is 0 Å². The third-order valence-corrected chi connectivity index (χ3v) is 1.15. The summed E-state index contributed by atoms with van der Waals surface area (Å²) in [5.41, 5.74) is 0. The van der Waals surface area contributed by atoms with Gasteiger partial charge in [-0.1, -0.05) is 0 Å². The molecule has 0 fully saturated rings. The van der Waals surface area contributed by atoms with Crippen LogP contribution in [0.15, 0.2) is 12.2 Å². The lowest BCUT2D eigenvalue weighted by atomic mass is 10.6. The van der Waals surface area contributed by atoms with E-state index in [2.05, 4.69) is 0 Å². The second-order valence-corrected chi connectivity index (χ2v) is 2.13. The first-order chi connectivity index (χ1) is 3.21. The van der Waals surface area contributed by atoms with Gasteiger partial charge in [-0.15, -0.1) is 0 Å². The second-order valence-electron chi connectivity index (χ2n) is 2.13. The quantitative estimate of drug-likeness (QED) is 0.246. The number of quaternary nitrogens is 1. The van der Waals surface area contributed by atoms with Gasteiger partial charge in [0.15, 0.2) is 0 Å². The van der Waals surface area contributed by atoms with Crippen LogP contribution in [0.25, 0.3) is 0 Å². The maximum Gasteiger partial charge on any atom is 0.0973 e. The van der Waals surface area contributed by atoms with Crippen LogP contribution in [-0.2, 0) is 0 Å². The highest BCUT2D eigenvalue weighted by Crippen LogP contribution is 2.04. The molecular formula is C5H9NO. The van der Waals surface area contributed by atoms with E-state index in [1.54, 1.807) is 7.05 Å². The van der Waals surface area contributed by atoms with Crippen LogP contribution in [0, 0.1) is 5.21 Å². The maximum atomic E-state index is 10.8. The Kier molecular flexibility index (Phi) is 0.905. The Morgan fingerprint density at radius 2 is 1.86 bits per heavy atom. The number of rotatable bonds is 0. The van der Waals surface area contributed by atoms with Crippen LogP contribution in [0.1, 0.15) is 0 Å². The van der Waals surface area contributed by atoms with Gasteiger partial charge in [0.2, 0.25) is 0 Å². The first kappa shape index (κ1) is 4.81. The lowest BCUT2D eigenvalue weighted by molar-refractivity contribution is -0.843. The predicted molar refractivity (Wildman–Crippen MR) is 28.4 cm³/mol. The average Bonchev–Trinajstić information content (AvgIpc) is 1.84. The molecule has 0 N–H and O–H groups in total. The summed E-state index contributed by atoms with van der Waals surface area (Å²) in [4.78, 5) is 0. The molecule has 0 radical (unpaired) electrons. The van der Waals surface area contributed by atoms with Crippen molar-refractivity contribution in [3.8, 4) is 0 Å². The van der Waals surface area contributed by atoms with Gasteiger partial charge in [0.1, 0.15) is 0 Å². The Morgan fingerprint density at radius 3 is 2.00 bits per heavy atom. The molecule has 0 amide bonds. The minimum atomic E-state index is -0.111. The Morgan fingerprint density at radius 1 is 1.43 bits per heavy atom. The summed E-state index contributed by atoms with van der Waals surface area (Å²) in [6.07, 6.45) is 3.85. The highest BCUT2D eigenvalue weighted by atomic mass is 16.5. The molecule has 2 nitrogen and oxygen atoms in total. The van der Waals surface area contributed by atoms with E-state index in [0.29, 0.717) is 13.1 Å². The topological polar surface area (TPSA) is 23.1 Å². The van der Waals surface area contributed by atoms with E-state index >= 15 is 0 Å². The molecule has 0 aliphatic carbocycles. The standard InChI is InChI=1S/C5H9NO/c1-6(7)4-2-3-5-6/h2-3H,4-5H2,1H3. The zero-order valence-electron chi connectivity index (χ0n) is 4.42. The van der Waals surface area contributed by atoms with Gasteiger partial charge >= 0.3 is 0 Å². The van der Waals surface area contributed by atoms with Gasteiger partial charge < -0.3 is 9.85 Å². The maximum absolute atomic E-state index is 10.8. The molecule has 1 aliphatic heterocycles. The van der Waals surface area contributed by atoms with Crippen molar-refractivity contribution in [1.82, 2.24) is 0 Å². The van der Waals surface area contributed by atoms with E-state index in [9.17, 15) is 5.21 Å². The number of hydrogen-bond donors (Lipinski definition) is 0. The molecule has 0 spiro atoms. The second kappa shape index (κ2) is 1.32. The van der Waals surface area contributed by atoms with Gasteiger partial charge in [0, 0.05) is 0 Å². The summed E-state index contributed by atoms with van der Waals surface area (Å²) in [6.45, 7) is 1.31. The molecule has 0 saturated heterocycles. The average molecular weight is 99.1 g/mol. The molecule has 7 heavy (non-hydrogen) atoms. The third kappa shape index (κ3) is 1.01. The van der Waals surface area contributed by atoms with Crippen LogP contribution in [0.3, 0.4) is 0 Å². The first-order valence-electron chi connectivity index (χ1n) is 2.41. The number of nitrogens with zero attached hydrogens (tertiary/aromatic N) is 1. The molecule has 0 bridgehead atoms. The first-order valence-corrected chi connectivity index (χ1v) is 2.41. The van der Waals surface area contributed by atoms with E-state index in [1.807, 2.05) is 12.2 Å². The van der Waals surface area contributed by atoms with Crippen molar-refractivity contribution in [2.75, 3.05) is 20.1 Å². The summed E-state index contributed by atoms with van der Waals surface area (Å²) in [7, 11) is 1.68. The fourth-order valence-electron chi connectivity index (χ4n) is 0.670. The van der Waals surface area contributed by atoms with Crippen molar-refractivity contribution in [3.63, 3.8) is 0 Å². The molecule has 0 saturated carbocycles. The molecular weight excluding hydrogens is 90.1 g/mol. The fourth-order valence-corrected chi connectivity index (χ4v) is 0.670. The van der Waals surface area contributed by atoms with E-state index in [4.69, 9.17) is 0 Å². The minimum Gasteiger partial charge on any atom is -0.633 e. The number of hydrogen-bond acceptors (Lipinski definition) is 1. The van der Waals surface area contributed by atoms with Crippen LogP contribution in [0.2, 0.25) is 0 Å². The van der Waals surface area contributed by atoms with Crippen molar-refractivity contribution in [2.24, 2.45) is 0 Å². The summed E-state index contributed by atoms with van der Waals surface area (Å²) in [5.74, 6) is 0. The zero-order valence-corrected chi connectivity index (χ0v) is 4.42. The molecule has 0 aromatic rings. The molecule has 40 valence electrons. The molecule has 0 unspecified atom stereocenters. The van der Waals surface area contributed by atoms with E-state index < -0.39 is 0 Å². The van der Waals surface area contributed by atoms with E-state index in [1.165, 1.54) is 0 Å². The van der Waals surface area contributed by atoms with Crippen LogP contribution in [0.4, 0.5) is 0 Å². The lowest BCUT2D eigenvalue weighted by Crippen LogP contribution is -2.33. The normalized spacial score (nSPS) is 26.0. The number of hydroxylamine groups is 3. The van der Waals surface area contributed by atoms with Crippen LogP contribution < -0.4 is 0 Å².